The van der Waals surface area contributed by atoms with Gasteiger partial charge in [-0.25, -0.2) is 5.43 Å². The van der Waals surface area contributed by atoms with E-state index in [4.69, 9.17) is 14.2 Å². The molecule has 5 aromatic carbocycles. The summed E-state index contributed by atoms with van der Waals surface area (Å²) in [5.41, 5.74) is 4.81. The minimum Gasteiger partial charge on any atom is -0.496 e. The summed E-state index contributed by atoms with van der Waals surface area (Å²) in [5, 5.41) is 8.44. The first-order valence-electron chi connectivity index (χ1n) is 12.5. The van der Waals surface area contributed by atoms with E-state index >= 15 is 0 Å². The molecular formula is C32H27BrN2O4. The highest BCUT2D eigenvalue weighted by Crippen LogP contribution is 2.34. The smallest absolute Gasteiger partial charge is 0.275 e. The third-order valence-electron chi connectivity index (χ3n) is 6.31. The molecule has 0 aromatic heterocycles. The van der Waals surface area contributed by atoms with Crippen LogP contribution in [0.2, 0.25) is 0 Å². The van der Waals surface area contributed by atoms with E-state index in [9.17, 15) is 4.79 Å². The Hall–Kier alpha value is -4.36. The highest BCUT2D eigenvalue weighted by molar-refractivity contribution is 9.10. The van der Waals surface area contributed by atoms with Crippen LogP contribution in [0.25, 0.3) is 21.5 Å². The molecule has 0 spiro atoms. The van der Waals surface area contributed by atoms with Gasteiger partial charge in [-0.3, -0.25) is 4.79 Å². The van der Waals surface area contributed by atoms with Crippen LogP contribution >= 0.6 is 15.9 Å². The number of benzene rings is 5. The van der Waals surface area contributed by atoms with Crippen LogP contribution in [-0.2, 0) is 6.61 Å². The zero-order valence-corrected chi connectivity index (χ0v) is 23.2. The average Bonchev–Trinajstić information content (AvgIpc) is 2.97. The second-order valence-corrected chi connectivity index (χ2v) is 9.63. The average molecular weight is 583 g/mol. The second-order valence-electron chi connectivity index (χ2n) is 8.78. The number of methoxy groups -OCH3 is 1. The molecule has 1 N–H and O–H groups in total. The van der Waals surface area contributed by atoms with Crippen molar-refractivity contribution in [3.63, 3.8) is 0 Å². The van der Waals surface area contributed by atoms with Crippen LogP contribution < -0.4 is 19.6 Å². The van der Waals surface area contributed by atoms with Crippen molar-refractivity contribution in [3.05, 3.63) is 112 Å². The number of carbonyl (C=O) groups is 1. The van der Waals surface area contributed by atoms with Crippen LogP contribution in [0.15, 0.2) is 101 Å². The predicted molar refractivity (Wildman–Crippen MR) is 159 cm³/mol. The molecule has 0 aliphatic carbocycles. The Labute approximate surface area is 235 Å². The Morgan fingerprint density at radius 3 is 2.31 bits per heavy atom. The number of halogens is 1. The number of carbonyl (C=O) groups excluding carboxylic acids is 1. The van der Waals surface area contributed by atoms with Crippen molar-refractivity contribution in [2.24, 2.45) is 5.10 Å². The fraction of sp³-hybridized carbons (Fsp3) is 0.125. The van der Waals surface area contributed by atoms with E-state index in [-0.39, 0.29) is 5.91 Å². The van der Waals surface area contributed by atoms with Gasteiger partial charge >= 0.3 is 0 Å². The number of hydrogen-bond acceptors (Lipinski definition) is 5. The Morgan fingerprint density at radius 1 is 0.846 bits per heavy atom. The molecule has 6 nitrogen and oxygen atoms in total. The molecule has 0 heterocycles. The number of rotatable bonds is 9. The van der Waals surface area contributed by atoms with Crippen molar-refractivity contribution in [2.45, 2.75) is 13.5 Å². The van der Waals surface area contributed by atoms with Gasteiger partial charge in [0.15, 0.2) is 11.5 Å². The Kier molecular flexibility index (Phi) is 8.08. The fourth-order valence-electron chi connectivity index (χ4n) is 4.39. The van der Waals surface area contributed by atoms with Crippen LogP contribution in [0.4, 0.5) is 0 Å². The van der Waals surface area contributed by atoms with E-state index in [1.165, 1.54) is 5.39 Å². The lowest BCUT2D eigenvalue weighted by Gasteiger charge is -2.15. The maximum absolute atomic E-state index is 12.9. The highest BCUT2D eigenvalue weighted by Gasteiger charge is 2.14. The largest absolute Gasteiger partial charge is 0.496 e. The van der Waals surface area contributed by atoms with Gasteiger partial charge in [-0.15, -0.1) is 0 Å². The summed E-state index contributed by atoms with van der Waals surface area (Å²) < 4.78 is 18.3. The molecule has 1 amide bonds. The molecule has 0 aliphatic heterocycles. The number of fused-ring (bicyclic) bond motifs is 2. The van der Waals surface area contributed by atoms with Crippen LogP contribution in [0.5, 0.6) is 17.2 Å². The zero-order valence-electron chi connectivity index (χ0n) is 21.6. The number of amides is 1. The normalized spacial score (nSPS) is 11.2. The first-order valence-corrected chi connectivity index (χ1v) is 13.3. The van der Waals surface area contributed by atoms with Crippen molar-refractivity contribution < 1.29 is 19.0 Å². The van der Waals surface area contributed by atoms with Crippen molar-refractivity contribution in [3.8, 4) is 17.2 Å². The van der Waals surface area contributed by atoms with E-state index < -0.39 is 0 Å². The van der Waals surface area contributed by atoms with E-state index in [1.807, 2.05) is 67.6 Å². The third-order valence-corrected chi connectivity index (χ3v) is 6.99. The van der Waals surface area contributed by atoms with Crippen LogP contribution in [0.1, 0.15) is 28.4 Å². The summed E-state index contributed by atoms with van der Waals surface area (Å²) in [7, 11) is 1.54. The van der Waals surface area contributed by atoms with Gasteiger partial charge in [-0.05, 0) is 74.2 Å². The zero-order chi connectivity index (χ0) is 27.2. The molecule has 39 heavy (non-hydrogen) atoms. The first-order chi connectivity index (χ1) is 19.1. The van der Waals surface area contributed by atoms with E-state index in [1.54, 1.807) is 19.4 Å². The van der Waals surface area contributed by atoms with E-state index in [0.717, 1.165) is 31.8 Å². The molecular weight excluding hydrogens is 556 g/mol. The molecule has 0 unspecified atom stereocenters. The van der Waals surface area contributed by atoms with Gasteiger partial charge in [-0.2, -0.15) is 5.10 Å². The molecule has 196 valence electrons. The first kappa shape index (κ1) is 26.3. The minimum atomic E-state index is -0.370. The monoisotopic (exact) mass is 582 g/mol. The van der Waals surface area contributed by atoms with E-state index in [0.29, 0.717) is 36.0 Å². The summed E-state index contributed by atoms with van der Waals surface area (Å²) in [4.78, 5) is 12.9. The molecule has 5 aromatic rings. The molecule has 0 saturated heterocycles. The Balaban J connectivity index is 1.34. The second kappa shape index (κ2) is 12.0. The molecule has 0 saturated carbocycles. The topological polar surface area (TPSA) is 69.2 Å². The van der Waals surface area contributed by atoms with Crippen molar-refractivity contribution in [2.75, 3.05) is 13.7 Å². The van der Waals surface area contributed by atoms with Gasteiger partial charge in [0.1, 0.15) is 12.4 Å². The number of hydrazone groups is 1. The number of nitrogens with one attached hydrogen (secondary N) is 1. The molecule has 0 fully saturated rings. The summed E-state index contributed by atoms with van der Waals surface area (Å²) >= 11 is 3.60. The summed E-state index contributed by atoms with van der Waals surface area (Å²) in [6, 6.07) is 29.5. The van der Waals surface area contributed by atoms with Gasteiger partial charge in [0.2, 0.25) is 0 Å². The van der Waals surface area contributed by atoms with Gasteiger partial charge in [0.25, 0.3) is 5.91 Å². The Morgan fingerprint density at radius 2 is 1.54 bits per heavy atom. The predicted octanol–water partition coefficient (Wildman–Crippen LogP) is 7.51. The van der Waals surface area contributed by atoms with Crippen LogP contribution in [0.3, 0.4) is 0 Å². The Bertz CT molecular complexity index is 1680. The molecule has 0 radical (unpaired) electrons. The van der Waals surface area contributed by atoms with Crippen LogP contribution in [-0.4, -0.2) is 25.8 Å². The van der Waals surface area contributed by atoms with Crippen molar-refractivity contribution >= 4 is 49.6 Å². The lowest BCUT2D eigenvalue weighted by molar-refractivity contribution is 0.0952. The minimum absolute atomic E-state index is 0.370. The standard InChI is InChI=1S/C32H27BrN2O4/c1-3-38-30-17-25(19-34-35-32(36)27-15-22-10-4-5-11-23(22)16-29(27)37-2)28(33)18-31(30)39-20-24-13-8-12-21-9-6-7-14-26(21)24/h4-19H,3,20H2,1-2H3,(H,35,36)/b34-19-. The van der Waals surface area contributed by atoms with Crippen LogP contribution in [0, 0.1) is 0 Å². The molecule has 7 heteroatoms. The lowest BCUT2D eigenvalue weighted by atomic mass is 10.1. The maximum atomic E-state index is 12.9. The fourth-order valence-corrected chi connectivity index (χ4v) is 4.82. The summed E-state index contributed by atoms with van der Waals surface area (Å²) in [5.74, 6) is 1.31. The third kappa shape index (κ3) is 5.89. The highest BCUT2D eigenvalue weighted by atomic mass is 79.9. The number of ether oxygens (including phenoxy) is 3. The molecule has 5 rings (SSSR count). The van der Waals surface area contributed by atoms with Gasteiger partial charge < -0.3 is 14.2 Å². The van der Waals surface area contributed by atoms with Gasteiger partial charge in [0.05, 0.1) is 25.5 Å². The number of hydrogen-bond donors (Lipinski definition) is 1. The SMILES string of the molecule is CCOc1cc(/C=N\NC(=O)c2cc3ccccc3cc2OC)c(Br)cc1OCc1cccc2ccccc12. The van der Waals surface area contributed by atoms with Crippen molar-refractivity contribution in [1.29, 1.82) is 0 Å². The van der Waals surface area contributed by atoms with E-state index in [2.05, 4.69) is 50.7 Å². The summed E-state index contributed by atoms with van der Waals surface area (Å²) in [6.07, 6.45) is 1.56. The van der Waals surface area contributed by atoms with Crippen molar-refractivity contribution in [1.82, 2.24) is 5.43 Å². The molecule has 0 bridgehead atoms. The summed E-state index contributed by atoms with van der Waals surface area (Å²) in [6.45, 7) is 2.79. The molecule has 0 aliphatic rings. The quantitative estimate of drug-likeness (QED) is 0.144. The van der Waals surface area contributed by atoms with Gasteiger partial charge in [0, 0.05) is 10.0 Å². The lowest BCUT2D eigenvalue weighted by Crippen LogP contribution is -2.18. The van der Waals surface area contributed by atoms with Gasteiger partial charge in [-0.1, -0.05) is 66.7 Å². The molecule has 0 atom stereocenters. The maximum Gasteiger partial charge on any atom is 0.275 e. The number of nitrogens with zero attached hydrogens (tertiary/aromatic N) is 1.